The van der Waals surface area contributed by atoms with Crippen LogP contribution in [-0.4, -0.2) is 51.4 Å². The first-order valence-electron chi connectivity index (χ1n) is 13.6. The summed E-state index contributed by atoms with van der Waals surface area (Å²) in [5.41, 5.74) is 3.16. The number of anilines is 1. The molecule has 0 aliphatic rings. The van der Waals surface area contributed by atoms with Gasteiger partial charge in [0.2, 0.25) is 11.8 Å². The second-order valence-corrected chi connectivity index (χ2v) is 12.6. The molecule has 10 heteroatoms. The first-order valence-corrected chi connectivity index (χ1v) is 15.8. The number of benzene rings is 3. The van der Waals surface area contributed by atoms with E-state index in [1.54, 1.807) is 30.3 Å². The molecule has 0 aliphatic heterocycles. The van der Waals surface area contributed by atoms with Crippen molar-refractivity contribution < 1.29 is 22.7 Å². The predicted octanol–water partition coefficient (Wildman–Crippen LogP) is 5.60. The van der Waals surface area contributed by atoms with Crippen molar-refractivity contribution in [3.63, 3.8) is 0 Å². The molecule has 41 heavy (non-hydrogen) atoms. The first-order chi connectivity index (χ1) is 19.5. The fraction of sp³-hybridized carbons (Fsp3) is 0.355. The number of rotatable bonds is 13. The molecule has 0 aromatic heterocycles. The summed E-state index contributed by atoms with van der Waals surface area (Å²) in [7, 11) is -2.69. The van der Waals surface area contributed by atoms with Crippen molar-refractivity contribution in [1.82, 2.24) is 10.2 Å². The third-order valence-electron chi connectivity index (χ3n) is 6.68. The molecular weight excluding hydrogens is 606 g/mol. The van der Waals surface area contributed by atoms with Gasteiger partial charge in [0.15, 0.2) is 0 Å². The molecule has 0 fully saturated rings. The lowest BCUT2D eigenvalue weighted by Crippen LogP contribution is -2.52. The van der Waals surface area contributed by atoms with E-state index in [0.717, 1.165) is 27.4 Å². The van der Waals surface area contributed by atoms with E-state index < -0.39 is 28.5 Å². The quantitative estimate of drug-likeness (QED) is 0.261. The normalized spacial score (nSPS) is 12.0. The lowest BCUT2D eigenvalue weighted by atomic mass is 10.1. The number of halogens is 1. The zero-order chi connectivity index (χ0) is 30.2. The maximum absolute atomic E-state index is 14.1. The van der Waals surface area contributed by atoms with Gasteiger partial charge in [-0.1, -0.05) is 61.4 Å². The van der Waals surface area contributed by atoms with Crippen LogP contribution < -0.4 is 14.4 Å². The minimum absolute atomic E-state index is 0.00323. The first kappa shape index (κ1) is 32.1. The molecule has 0 saturated heterocycles. The third kappa shape index (κ3) is 8.10. The van der Waals surface area contributed by atoms with Crippen LogP contribution in [0.25, 0.3) is 0 Å². The van der Waals surface area contributed by atoms with Crippen LogP contribution in [0.4, 0.5) is 5.69 Å². The van der Waals surface area contributed by atoms with E-state index in [0.29, 0.717) is 28.9 Å². The number of carbonyl (C=O) groups is 2. The molecule has 8 nitrogen and oxygen atoms in total. The van der Waals surface area contributed by atoms with Crippen molar-refractivity contribution in [2.75, 3.05) is 24.5 Å². The monoisotopic (exact) mass is 643 g/mol. The second-order valence-electron chi connectivity index (χ2n) is 9.87. The fourth-order valence-electron chi connectivity index (χ4n) is 4.47. The average molecular weight is 645 g/mol. The Morgan fingerprint density at radius 3 is 2.27 bits per heavy atom. The minimum Gasteiger partial charge on any atom is -0.496 e. The van der Waals surface area contributed by atoms with Gasteiger partial charge in [0.1, 0.15) is 18.3 Å². The molecule has 2 amide bonds. The van der Waals surface area contributed by atoms with E-state index in [9.17, 15) is 18.0 Å². The Labute approximate surface area is 251 Å². The van der Waals surface area contributed by atoms with Gasteiger partial charge in [0.25, 0.3) is 10.0 Å². The van der Waals surface area contributed by atoms with Gasteiger partial charge in [0, 0.05) is 13.1 Å². The van der Waals surface area contributed by atoms with Crippen LogP contribution in [0.15, 0.2) is 76.1 Å². The highest BCUT2D eigenvalue weighted by molar-refractivity contribution is 9.10. The third-order valence-corrected chi connectivity index (χ3v) is 9.07. The van der Waals surface area contributed by atoms with Crippen LogP contribution in [0, 0.1) is 13.8 Å². The van der Waals surface area contributed by atoms with Gasteiger partial charge >= 0.3 is 0 Å². The van der Waals surface area contributed by atoms with Crippen molar-refractivity contribution in [2.45, 2.75) is 58.0 Å². The number of sulfonamides is 1. The Hall–Kier alpha value is -3.37. The van der Waals surface area contributed by atoms with E-state index in [1.807, 2.05) is 52.0 Å². The maximum Gasteiger partial charge on any atom is 0.264 e. The number of nitrogens with one attached hydrogen (secondary N) is 1. The molecule has 1 N–H and O–H groups in total. The summed E-state index contributed by atoms with van der Waals surface area (Å²) >= 11 is 3.37. The Morgan fingerprint density at radius 2 is 1.68 bits per heavy atom. The number of nitrogens with zero attached hydrogens (tertiary/aromatic N) is 2. The molecule has 0 aliphatic carbocycles. The molecular formula is C31H38BrN3O5S. The fourth-order valence-corrected chi connectivity index (χ4v) is 6.60. The van der Waals surface area contributed by atoms with Gasteiger partial charge in [0.05, 0.1) is 22.2 Å². The zero-order valence-corrected chi connectivity index (χ0v) is 26.6. The summed E-state index contributed by atoms with van der Waals surface area (Å²) < 4.78 is 35.0. The van der Waals surface area contributed by atoms with Crippen molar-refractivity contribution in [1.29, 1.82) is 0 Å². The lowest BCUT2D eigenvalue weighted by Gasteiger charge is -2.33. The summed E-state index contributed by atoms with van der Waals surface area (Å²) in [6, 6.07) is 18.3. The average Bonchev–Trinajstić information content (AvgIpc) is 2.95. The molecule has 0 unspecified atom stereocenters. The standard InChI is InChI=1S/C31H38BrN3O5S/c1-6-17-33-31(37)28(7-2)34(20-24-10-8-9-23(4)18-24)30(36)21-35(25-13-11-22(3)12-14-25)41(38,39)26-15-16-29(40-5)27(32)19-26/h8-16,18-19,28H,6-7,17,20-21H2,1-5H3,(H,33,37)/t28-/m0/s1. The van der Waals surface area contributed by atoms with Gasteiger partial charge < -0.3 is 15.0 Å². The van der Waals surface area contributed by atoms with Crippen LogP contribution >= 0.6 is 15.9 Å². The SMILES string of the molecule is CCCNC(=O)[C@H](CC)N(Cc1cccc(C)c1)C(=O)CN(c1ccc(C)cc1)S(=O)(=O)c1ccc(OC)c(Br)c1. The van der Waals surface area contributed by atoms with Gasteiger partial charge in [-0.25, -0.2) is 8.42 Å². The van der Waals surface area contributed by atoms with Gasteiger partial charge in [-0.05, 0) is 78.5 Å². The highest BCUT2D eigenvalue weighted by Gasteiger charge is 2.34. The molecule has 3 aromatic carbocycles. The number of ether oxygens (including phenoxy) is 1. The predicted molar refractivity (Wildman–Crippen MR) is 166 cm³/mol. The van der Waals surface area contributed by atoms with Gasteiger partial charge in [-0.15, -0.1) is 0 Å². The van der Waals surface area contributed by atoms with Crippen LogP contribution in [-0.2, 0) is 26.2 Å². The number of amides is 2. The number of carbonyl (C=O) groups excluding carboxylic acids is 2. The van der Waals surface area contributed by atoms with Gasteiger partial charge in [-0.2, -0.15) is 0 Å². The van der Waals surface area contributed by atoms with Crippen LogP contribution in [0.2, 0.25) is 0 Å². The van der Waals surface area contributed by atoms with Gasteiger partial charge in [-0.3, -0.25) is 13.9 Å². The number of hydrogen-bond acceptors (Lipinski definition) is 5. The Bertz CT molecular complexity index is 1460. The molecule has 0 spiro atoms. The van der Waals surface area contributed by atoms with E-state index in [2.05, 4.69) is 21.2 Å². The Morgan fingerprint density at radius 1 is 0.976 bits per heavy atom. The van der Waals surface area contributed by atoms with E-state index in [4.69, 9.17) is 4.74 Å². The molecule has 0 saturated carbocycles. The molecule has 0 bridgehead atoms. The van der Waals surface area contributed by atoms with Crippen LogP contribution in [0.3, 0.4) is 0 Å². The summed E-state index contributed by atoms with van der Waals surface area (Å²) in [5.74, 6) is -0.268. The van der Waals surface area contributed by atoms with Crippen molar-refractivity contribution in [3.05, 3.63) is 87.9 Å². The summed E-state index contributed by atoms with van der Waals surface area (Å²) in [6.45, 7) is 7.82. The summed E-state index contributed by atoms with van der Waals surface area (Å²) in [6.07, 6.45) is 1.13. The van der Waals surface area contributed by atoms with Crippen LogP contribution in [0.1, 0.15) is 43.4 Å². The Balaban J connectivity index is 2.07. The largest absolute Gasteiger partial charge is 0.496 e. The summed E-state index contributed by atoms with van der Waals surface area (Å²) in [5, 5.41) is 2.90. The topological polar surface area (TPSA) is 96.0 Å². The molecule has 220 valence electrons. The molecule has 3 rings (SSSR count). The molecule has 1 atom stereocenters. The Kier molecular flexibility index (Phi) is 11.4. The number of hydrogen-bond donors (Lipinski definition) is 1. The highest BCUT2D eigenvalue weighted by atomic mass is 79.9. The maximum atomic E-state index is 14.1. The minimum atomic E-state index is -4.19. The molecule has 3 aromatic rings. The second kappa shape index (κ2) is 14.5. The molecule has 0 radical (unpaired) electrons. The van der Waals surface area contributed by atoms with E-state index in [1.165, 1.54) is 24.1 Å². The number of methoxy groups -OCH3 is 1. The zero-order valence-electron chi connectivity index (χ0n) is 24.2. The highest BCUT2D eigenvalue weighted by Crippen LogP contribution is 2.31. The van der Waals surface area contributed by atoms with E-state index in [-0.39, 0.29) is 17.3 Å². The van der Waals surface area contributed by atoms with Crippen molar-refractivity contribution >= 4 is 43.5 Å². The lowest BCUT2D eigenvalue weighted by molar-refractivity contribution is -0.140. The van der Waals surface area contributed by atoms with Crippen molar-refractivity contribution in [3.8, 4) is 5.75 Å². The number of aryl methyl sites for hydroxylation is 2. The van der Waals surface area contributed by atoms with Crippen LogP contribution in [0.5, 0.6) is 5.75 Å². The van der Waals surface area contributed by atoms with Crippen molar-refractivity contribution in [2.24, 2.45) is 0 Å². The smallest absolute Gasteiger partial charge is 0.264 e. The summed E-state index contributed by atoms with van der Waals surface area (Å²) in [4.78, 5) is 28.8. The van der Waals surface area contributed by atoms with E-state index >= 15 is 0 Å². The molecule has 0 heterocycles.